The van der Waals surface area contributed by atoms with E-state index >= 15 is 0 Å². The molecule has 0 atom stereocenters. The molecule has 0 spiro atoms. The molecule has 1 saturated heterocycles. The first-order chi connectivity index (χ1) is 11.7. The number of nitrogens with one attached hydrogen (secondary N) is 2. The maximum atomic E-state index is 12.2. The number of rotatable bonds is 4. The van der Waals surface area contributed by atoms with Crippen LogP contribution >= 0.6 is 15.9 Å². The number of carbonyl (C=O) groups excluding carboxylic acids is 1. The highest BCUT2D eigenvalue weighted by Gasteiger charge is 2.34. The fourth-order valence-corrected chi connectivity index (χ4v) is 3.34. The Morgan fingerprint density at radius 1 is 1.21 bits per heavy atom. The van der Waals surface area contributed by atoms with E-state index in [4.69, 9.17) is 4.74 Å². The lowest BCUT2D eigenvalue weighted by Gasteiger charge is -2.37. The molecule has 1 fully saturated rings. The highest BCUT2D eigenvalue weighted by atomic mass is 79.9. The van der Waals surface area contributed by atoms with Crippen molar-refractivity contribution in [3.05, 3.63) is 58.7 Å². The molecule has 2 amide bonds. The maximum Gasteiger partial charge on any atom is 0.320 e. The number of hydrogen-bond donors (Lipinski definition) is 2. The van der Waals surface area contributed by atoms with Gasteiger partial charge in [-0.25, -0.2) is 9.78 Å². The Morgan fingerprint density at radius 3 is 2.67 bits per heavy atom. The summed E-state index contributed by atoms with van der Waals surface area (Å²) in [6, 6.07) is 13.7. The van der Waals surface area contributed by atoms with Crippen LogP contribution in [0.2, 0.25) is 0 Å². The minimum atomic E-state index is -0.248. The fourth-order valence-electron chi connectivity index (χ4n) is 3.00. The topological polar surface area (TPSA) is 63.2 Å². The number of pyridine rings is 1. The molecule has 1 aromatic carbocycles. The molecule has 5 nitrogen and oxygen atoms in total. The maximum absolute atomic E-state index is 12.2. The van der Waals surface area contributed by atoms with Gasteiger partial charge in [0, 0.05) is 35.8 Å². The van der Waals surface area contributed by atoms with E-state index in [1.165, 1.54) is 5.56 Å². The molecular formula is C18H20BrN3O2. The molecule has 2 aromatic rings. The van der Waals surface area contributed by atoms with Crippen molar-refractivity contribution in [3.8, 4) is 0 Å². The molecule has 0 saturated carbocycles. The van der Waals surface area contributed by atoms with E-state index in [9.17, 15) is 4.79 Å². The molecule has 1 aliphatic heterocycles. The Morgan fingerprint density at radius 2 is 1.96 bits per heavy atom. The van der Waals surface area contributed by atoms with Gasteiger partial charge in [0.25, 0.3) is 0 Å². The number of urea groups is 1. The second-order valence-corrected chi connectivity index (χ2v) is 6.84. The highest BCUT2D eigenvalue weighted by Crippen LogP contribution is 2.34. The Hall–Kier alpha value is -1.92. The lowest BCUT2D eigenvalue weighted by atomic mass is 9.74. The van der Waals surface area contributed by atoms with Gasteiger partial charge in [-0.15, -0.1) is 0 Å². The van der Waals surface area contributed by atoms with Crippen LogP contribution in [-0.2, 0) is 10.2 Å². The van der Waals surface area contributed by atoms with Crippen molar-refractivity contribution in [2.45, 2.75) is 18.3 Å². The number of amides is 2. The standard InChI is InChI=1S/C18H20BrN3O2/c19-15-6-9-20-16(12-15)22-17(23)21-13-18(7-10-24-11-8-18)14-4-2-1-3-5-14/h1-6,9,12H,7-8,10-11,13H2,(H2,20,21,22,23). The van der Waals surface area contributed by atoms with Crippen molar-refractivity contribution in [1.82, 2.24) is 10.3 Å². The van der Waals surface area contributed by atoms with Crippen molar-refractivity contribution in [1.29, 1.82) is 0 Å². The van der Waals surface area contributed by atoms with Gasteiger partial charge in [-0.1, -0.05) is 46.3 Å². The van der Waals surface area contributed by atoms with Crippen LogP contribution < -0.4 is 10.6 Å². The zero-order valence-corrected chi connectivity index (χ0v) is 14.9. The molecular weight excluding hydrogens is 370 g/mol. The van der Waals surface area contributed by atoms with Crippen LogP contribution in [0.15, 0.2) is 53.1 Å². The summed E-state index contributed by atoms with van der Waals surface area (Å²) in [5.74, 6) is 0.516. The van der Waals surface area contributed by atoms with Gasteiger partial charge in [-0.3, -0.25) is 5.32 Å². The van der Waals surface area contributed by atoms with E-state index in [1.54, 1.807) is 12.3 Å². The largest absolute Gasteiger partial charge is 0.381 e. The predicted molar refractivity (Wildman–Crippen MR) is 97.1 cm³/mol. The van der Waals surface area contributed by atoms with Crippen molar-refractivity contribution in [2.24, 2.45) is 0 Å². The summed E-state index contributed by atoms with van der Waals surface area (Å²) < 4.78 is 6.39. The zero-order valence-electron chi connectivity index (χ0n) is 13.3. The van der Waals surface area contributed by atoms with E-state index in [1.807, 2.05) is 24.3 Å². The van der Waals surface area contributed by atoms with Crippen LogP contribution in [0.25, 0.3) is 0 Å². The van der Waals surface area contributed by atoms with Gasteiger partial charge in [0.15, 0.2) is 0 Å². The monoisotopic (exact) mass is 389 g/mol. The third-order valence-corrected chi connectivity index (χ3v) is 4.88. The van der Waals surface area contributed by atoms with Crippen molar-refractivity contribution in [3.63, 3.8) is 0 Å². The lowest BCUT2D eigenvalue weighted by Crippen LogP contribution is -2.45. The second kappa shape index (κ2) is 7.77. The summed E-state index contributed by atoms with van der Waals surface area (Å²) in [6.07, 6.45) is 3.43. The number of carbonyl (C=O) groups is 1. The van der Waals surface area contributed by atoms with Crippen molar-refractivity contribution < 1.29 is 9.53 Å². The molecule has 2 N–H and O–H groups in total. The minimum absolute atomic E-state index is 0.0818. The average Bonchev–Trinajstić information content (AvgIpc) is 2.62. The summed E-state index contributed by atoms with van der Waals surface area (Å²) in [4.78, 5) is 16.4. The van der Waals surface area contributed by atoms with E-state index in [0.717, 1.165) is 17.3 Å². The van der Waals surface area contributed by atoms with Gasteiger partial charge in [-0.2, -0.15) is 0 Å². The van der Waals surface area contributed by atoms with Gasteiger partial charge in [0.1, 0.15) is 5.82 Å². The SMILES string of the molecule is O=C(NCC1(c2ccccc2)CCOCC1)Nc1cc(Br)ccn1. The molecule has 126 valence electrons. The Bertz CT molecular complexity index is 688. The molecule has 0 bridgehead atoms. The molecule has 0 radical (unpaired) electrons. The van der Waals surface area contributed by atoms with Crippen LogP contribution in [0.1, 0.15) is 18.4 Å². The van der Waals surface area contributed by atoms with Crippen LogP contribution in [0.3, 0.4) is 0 Å². The van der Waals surface area contributed by atoms with E-state index in [0.29, 0.717) is 25.6 Å². The van der Waals surface area contributed by atoms with Gasteiger partial charge >= 0.3 is 6.03 Å². The van der Waals surface area contributed by atoms with Crippen LogP contribution in [0.5, 0.6) is 0 Å². The first-order valence-electron chi connectivity index (χ1n) is 7.98. The lowest BCUT2D eigenvalue weighted by molar-refractivity contribution is 0.0508. The summed E-state index contributed by atoms with van der Waals surface area (Å²) in [5, 5.41) is 5.77. The van der Waals surface area contributed by atoms with Crippen molar-refractivity contribution in [2.75, 3.05) is 25.1 Å². The summed E-state index contributed by atoms with van der Waals surface area (Å²) in [7, 11) is 0. The summed E-state index contributed by atoms with van der Waals surface area (Å²) >= 11 is 3.37. The van der Waals surface area contributed by atoms with Gasteiger partial charge in [0.2, 0.25) is 0 Å². The van der Waals surface area contributed by atoms with E-state index < -0.39 is 0 Å². The van der Waals surface area contributed by atoms with E-state index in [2.05, 4.69) is 43.7 Å². The van der Waals surface area contributed by atoms with Gasteiger partial charge < -0.3 is 10.1 Å². The number of hydrogen-bond acceptors (Lipinski definition) is 3. The first-order valence-corrected chi connectivity index (χ1v) is 8.77. The van der Waals surface area contributed by atoms with Crippen molar-refractivity contribution >= 4 is 27.8 Å². The second-order valence-electron chi connectivity index (χ2n) is 5.93. The number of halogens is 1. The number of nitrogens with zero attached hydrogens (tertiary/aromatic N) is 1. The molecule has 1 aliphatic rings. The fraction of sp³-hybridized carbons (Fsp3) is 0.333. The highest BCUT2D eigenvalue weighted by molar-refractivity contribution is 9.10. The Balaban J connectivity index is 1.66. The van der Waals surface area contributed by atoms with Gasteiger partial charge in [-0.05, 0) is 30.5 Å². The zero-order chi connectivity index (χ0) is 16.8. The number of benzene rings is 1. The summed E-state index contributed by atoms with van der Waals surface area (Å²) in [6.45, 7) is 2.00. The smallest absolute Gasteiger partial charge is 0.320 e. The molecule has 24 heavy (non-hydrogen) atoms. The van der Waals surface area contributed by atoms with Gasteiger partial charge in [0.05, 0.1) is 0 Å². The number of ether oxygens (including phenoxy) is 1. The quantitative estimate of drug-likeness (QED) is 0.837. The molecule has 1 aromatic heterocycles. The van der Waals surface area contributed by atoms with Crippen LogP contribution in [-0.4, -0.2) is 30.8 Å². The predicted octanol–water partition coefficient (Wildman–Crippen LogP) is 3.71. The third kappa shape index (κ3) is 4.13. The van der Waals surface area contributed by atoms with E-state index in [-0.39, 0.29) is 11.4 Å². The summed E-state index contributed by atoms with van der Waals surface area (Å²) in [5.41, 5.74) is 1.16. The Kier molecular flexibility index (Phi) is 5.48. The normalized spacial score (nSPS) is 16.4. The van der Waals surface area contributed by atoms with Crippen LogP contribution in [0.4, 0.5) is 10.6 Å². The minimum Gasteiger partial charge on any atom is -0.381 e. The van der Waals surface area contributed by atoms with Crippen LogP contribution in [0, 0.1) is 0 Å². The number of aromatic nitrogens is 1. The molecule has 3 rings (SSSR count). The Labute approximate surface area is 149 Å². The average molecular weight is 390 g/mol. The molecule has 0 aliphatic carbocycles. The molecule has 6 heteroatoms. The molecule has 2 heterocycles. The first kappa shape index (κ1) is 16.9. The third-order valence-electron chi connectivity index (χ3n) is 4.39. The number of anilines is 1. The molecule has 0 unspecified atom stereocenters.